The van der Waals surface area contributed by atoms with Crippen LogP contribution in [0.1, 0.15) is 21.7 Å². The van der Waals surface area contributed by atoms with Crippen LogP contribution in [0.5, 0.6) is 5.75 Å². The molecule has 0 bridgehead atoms. The minimum absolute atomic E-state index is 0.0303. The van der Waals surface area contributed by atoms with E-state index in [1.54, 1.807) is 35.2 Å². The van der Waals surface area contributed by atoms with E-state index in [-0.39, 0.29) is 29.5 Å². The molecule has 0 saturated heterocycles. The molecule has 0 unspecified atom stereocenters. The average molecular weight is 540 g/mol. The van der Waals surface area contributed by atoms with Crippen molar-refractivity contribution >= 4 is 45.7 Å². The molecule has 190 valence electrons. The molecule has 4 aromatic rings. The van der Waals surface area contributed by atoms with Gasteiger partial charge in [0.05, 0.1) is 30.0 Å². The van der Waals surface area contributed by atoms with E-state index in [4.69, 9.17) is 4.74 Å². The summed E-state index contributed by atoms with van der Waals surface area (Å²) in [5.41, 5.74) is 1.08. The highest BCUT2D eigenvalue weighted by atomic mass is 32.2. The van der Waals surface area contributed by atoms with Crippen LogP contribution in [0.15, 0.2) is 59.2 Å². The molecule has 2 N–H and O–H groups in total. The summed E-state index contributed by atoms with van der Waals surface area (Å²) in [6.07, 6.45) is 1.60. The zero-order chi connectivity index (χ0) is 26.4. The standard InChI is InChI=1S/C23H21N7O5S2/c1-14-7-8-15(11-17(14)30(33)34)21(32)25-12-19-27-28-23(29(19)16-5-3-4-6-18(16)35-2)37-13-20(31)26-22-24-9-10-36-22/h3-11H,12-13H2,1-2H3,(H,25,32)(H,24,26,31). The maximum atomic E-state index is 12.8. The first-order valence-electron chi connectivity index (χ1n) is 10.8. The van der Waals surface area contributed by atoms with Crippen molar-refractivity contribution in [3.63, 3.8) is 0 Å². The third-order valence-corrected chi connectivity index (χ3v) is 6.73. The van der Waals surface area contributed by atoms with E-state index in [0.29, 0.717) is 33.1 Å². The van der Waals surface area contributed by atoms with Gasteiger partial charge in [0.15, 0.2) is 16.1 Å². The van der Waals surface area contributed by atoms with E-state index in [1.807, 2.05) is 12.1 Å². The quantitative estimate of drug-likeness (QED) is 0.175. The molecule has 37 heavy (non-hydrogen) atoms. The molecule has 14 heteroatoms. The van der Waals surface area contributed by atoms with E-state index < -0.39 is 10.8 Å². The number of aromatic nitrogens is 4. The third-order valence-electron chi connectivity index (χ3n) is 5.11. The lowest BCUT2D eigenvalue weighted by Gasteiger charge is -2.14. The number of para-hydroxylation sites is 2. The van der Waals surface area contributed by atoms with Gasteiger partial charge in [-0.25, -0.2) is 4.98 Å². The number of nitrogens with zero attached hydrogens (tertiary/aromatic N) is 5. The number of anilines is 1. The van der Waals surface area contributed by atoms with Crippen molar-refractivity contribution in [2.45, 2.75) is 18.6 Å². The minimum atomic E-state index is -0.529. The number of rotatable bonds is 10. The summed E-state index contributed by atoms with van der Waals surface area (Å²) in [6.45, 7) is 1.57. The predicted molar refractivity (Wildman–Crippen MR) is 138 cm³/mol. The van der Waals surface area contributed by atoms with Gasteiger partial charge in [-0.05, 0) is 25.1 Å². The number of nitro groups is 1. The van der Waals surface area contributed by atoms with Crippen molar-refractivity contribution in [3.8, 4) is 11.4 Å². The van der Waals surface area contributed by atoms with Crippen LogP contribution in [0.2, 0.25) is 0 Å². The van der Waals surface area contributed by atoms with Crippen LogP contribution in [0, 0.1) is 17.0 Å². The van der Waals surface area contributed by atoms with Crippen LogP contribution < -0.4 is 15.4 Å². The van der Waals surface area contributed by atoms with Gasteiger partial charge >= 0.3 is 0 Å². The fraction of sp³-hybridized carbons (Fsp3) is 0.174. The lowest BCUT2D eigenvalue weighted by atomic mass is 10.1. The number of carbonyl (C=O) groups excluding carboxylic acids is 2. The fourth-order valence-electron chi connectivity index (χ4n) is 3.34. The Kier molecular flexibility index (Phi) is 8.10. The van der Waals surface area contributed by atoms with Crippen molar-refractivity contribution in [2.24, 2.45) is 0 Å². The Bertz CT molecular complexity index is 1440. The van der Waals surface area contributed by atoms with Gasteiger partial charge in [0, 0.05) is 28.8 Å². The largest absolute Gasteiger partial charge is 0.495 e. The van der Waals surface area contributed by atoms with E-state index in [0.717, 1.165) is 11.8 Å². The molecule has 0 saturated carbocycles. The Morgan fingerprint density at radius 1 is 1.22 bits per heavy atom. The second-order valence-corrected chi connectivity index (χ2v) is 9.36. The second-order valence-electron chi connectivity index (χ2n) is 7.52. The maximum absolute atomic E-state index is 12.8. The van der Waals surface area contributed by atoms with Crippen LogP contribution in [-0.4, -0.2) is 49.3 Å². The molecule has 0 aliphatic heterocycles. The first kappa shape index (κ1) is 25.8. The monoisotopic (exact) mass is 539 g/mol. The number of carbonyl (C=O) groups is 2. The highest BCUT2D eigenvalue weighted by Crippen LogP contribution is 2.29. The number of amides is 2. The minimum Gasteiger partial charge on any atom is -0.495 e. The number of nitrogens with one attached hydrogen (secondary N) is 2. The molecule has 0 aliphatic rings. The Labute approximate surface area is 219 Å². The number of benzene rings is 2. The zero-order valence-electron chi connectivity index (χ0n) is 19.7. The Balaban J connectivity index is 1.56. The SMILES string of the molecule is COc1ccccc1-n1c(CNC(=O)c2ccc(C)c([N+](=O)[O-])c2)nnc1SCC(=O)Nc1nccs1. The lowest BCUT2D eigenvalue weighted by Crippen LogP contribution is -2.25. The van der Waals surface area contributed by atoms with E-state index in [2.05, 4.69) is 25.8 Å². The number of thioether (sulfide) groups is 1. The summed E-state index contributed by atoms with van der Waals surface area (Å²) in [4.78, 5) is 39.9. The number of hydrogen-bond donors (Lipinski definition) is 2. The molecular formula is C23H21N7O5S2. The highest BCUT2D eigenvalue weighted by molar-refractivity contribution is 7.99. The van der Waals surface area contributed by atoms with E-state index in [9.17, 15) is 19.7 Å². The van der Waals surface area contributed by atoms with Crippen molar-refractivity contribution < 1.29 is 19.2 Å². The van der Waals surface area contributed by atoms with Crippen LogP contribution in [0.4, 0.5) is 10.8 Å². The molecule has 0 radical (unpaired) electrons. The van der Waals surface area contributed by atoms with E-state index in [1.165, 1.54) is 36.6 Å². The van der Waals surface area contributed by atoms with Crippen molar-refractivity contribution in [1.82, 2.24) is 25.1 Å². The van der Waals surface area contributed by atoms with Gasteiger partial charge in [-0.2, -0.15) is 0 Å². The summed E-state index contributed by atoms with van der Waals surface area (Å²) in [5.74, 6) is 0.201. The zero-order valence-corrected chi connectivity index (χ0v) is 21.3. The van der Waals surface area contributed by atoms with Crippen LogP contribution >= 0.6 is 23.1 Å². The van der Waals surface area contributed by atoms with Gasteiger partial charge in [0.2, 0.25) is 5.91 Å². The van der Waals surface area contributed by atoms with E-state index >= 15 is 0 Å². The molecule has 0 fully saturated rings. The summed E-state index contributed by atoms with van der Waals surface area (Å²) < 4.78 is 7.19. The van der Waals surface area contributed by atoms with Crippen molar-refractivity contribution in [3.05, 3.63) is 81.1 Å². The number of methoxy groups -OCH3 is 1. The van der Waals surface area contributed by atoms with Crippen molar-refractivity contribution in [1.29, 1.82) is 0 Å². The fourth-order valence-corrected chi connectivity index (χ4v) is 4.65. The normalized spacial score (nSPS) is 10.6. The number of thiazole rings is 1. The van der Waals surface area contributed by atoms with Gasteiger partial charge in [0.25, 0.3) is 11.6 Å². The van der Waals surface area contributed by atoms with Crippen LogP contribution in [0.25, 0.3) is 5.69 Å². The molecule has 2 amide bonds. The Morgan fingerprint density at radius 2 is 2.03 bits per heavy atom. The highest BCUT2D eigenvalue weighted by Gasteiger charge is 2.20. The molecule has 0 atom stereocenters. The summed E-state index contributed by atoms with van der Waals surface area (Å²) in [7, 11) is 1.53. The molecule has 0 aliphatic carbocycles. The van der Waals surface area contributed by atoms with Crippen LogP contribution in [0.3, 0.4) is 0 Å². The Morgan fingerprint density at radius 3 is 2.76 bits per heavy atom. The molecule has 4 rings (SSSR count). The van der Waals surface area contributed by atoms with Gasteiger partial charge in [-0.15, -0.1) is 21.5 Å². The second kappa shape index (κ2) is 11.6. The molecule has 2 aromatic carbocycles. The molecule has 0 spiro atoms. The van der Waals surface area contributed by atoms with Crippen molar-refractivity contribution in [2.75, 3.05) is 18.2 Å². The van der Waals surface area contributed by atoms with Gasteiger partial charge in [0.1, 0.15) is 5.75 Å². The first-order chi connectivity index (χ1) is 17.9. The lowest BCUT2D eigenvalue weighted by molar-refractivity contribution is -0.385. The number of nitro benzene ring substituents is 1. The number of ether oxygens (including phenoxy) is 1. The predicted octanol–water partition coefficient (Wildman–Crippen LogP) is 3.61. The summed E-state index contributed by atoms with van der Waals surface area (Å²) >= 11 is 2.47. The topological polar surface area (TPSA) is 154 Å². The molecular weight excluding hydrogens is 518 g/mol. The van der Waals surface area contributed by atoms with Gasteiger partial charge < -0.3 is 15.4 Å². The molecule has 2 heterocycles. The summed E-state index contributed by atoms with van der Waals surface area (Å²) in [6, 6.07) is 11.5. The maximum Gasteiger partial charge on any atom is 0.273 e. The number of hydrogen-bond acceptors (Lipinski definition) is 10. The smallest absolute Gasteiger partial charge is 0.273 e. The Hall–Kier alpha value is -4.30. The average Bonchev–Trinajstić information content (AvgIpc) is 3.55. The first-order valence-corrected chi connectivity index (χ1v) is 12.7. The van der Waals surface area contributed by atoms with Gasteiger partial charge in [-0.3, -0.25) is 24.3 Å². The molecule has 2 aromatic heterocycles. The third kappa shape index (κ3) is 6.10. The van der Waals surface area contributed by atoms with Gasteiger partial charge in [-0.1, -0.05) is 30.0 Å². The van der Waals surface area contributed by atoms with Crippen LogP contribution in [-0.2, 0) is 11.3 Å². The molecule has 12 nitrogen and oxygen atoms in total. The number of aryl methyl sites for hydroxylation is 1. The summed E-state index contributed by atoms with van der Waals surface area (Å²) in [5, 5.41) is 27.8.